The Balaban J connectivity index is 1.94. The average Bonchev–Trinajstić information content (AvgIpc) is 2.85. The van der Waals surface area contributed by atoms with Crippen LogP contribution in [0.3, 0.4) is 0 Å². The molecule has 0 spiro atoms. The van der Waals surface area contributed by atoms with E-state index in [0.717, 1.165) is 8.96 Å². The fourth-order valence-electron chi connectivity index (χ4n) is 2.31. The number of hydrogen-bond acceptors (Lipinski definition) is 7. The molecule has 2 aromatic rings. The molecule has 9 heteroatoms. The van der Waals surface area contributed by atoms with Gasteiger partial charge in [-0.25, -0.2) is 9.97 Å². The minimum Gasteiger partial charge on any atom is -0.387 e. The number of anilines is 1. The van der Waals surface area contributed by atoms with Gasteiger partial charge >= 0.3 is 0 Å². The lowest BCUT2D eigenvalue weighted by Crippen LogP contribution is -2.34. The zero-order valence-electron chi connectivity index (χ0n) is 10.2. The van der Waals surface area contributed by atoms with Crippen LogP contribution in [0, 0.1) is 3.57 Å². The Hall–Kier alpha value is -1.01. The van der Waals surface area contributed by atoms with Crippen molar-refractivity contribution in [3.05, 3.63) is 16.1 Å². The number of aliphatic hydroxyl groups excluding tert-OH is 3. The SMILES string of the molecule is Nc1ncnc2c1c(I)cn2C[C@H]1O[C@@H](O)[C@H](O)[C@@H]1O. The van der Waals surface area contributed by atoms with Gasteiger partial charge in [0.05, 0.1) is 11.9 Å². The fourth-order valence-corrected chi connectivity index (χ4v) is 3.17. The molecule has 0 aromatic carbocycles. The summed E-state index contributed by atoms with van der Waals surface area (Å²) in [6.07, 6.45) is -1.39. The topological polar surface area (TPSA) is 127 Å². The Morgan fingerprint density at radius 1 is 1.30 bits per heavy atom. The highest BCUT2D eigenvalue weighted by Crippen LogP contribution is 2.27. The smallest absolute Gasteiger partial charge is 0.184 e. The monoisotopic (exact) mass is 392 g/mol. The fraction of sp³-hybridized carbons (Fsp3) is 0.455. The largest absolute Gasteiger partial charge is 0.387 e. The zero-order chi connectivity index (χ0) is 14.4. The molecule has 0 unspecified atom stereocenters. The van der Waals surface area contributed by atoms with Crippen molar-refractivity contribution in [1.82, 2.24) is 14.5 Å². The number of aromatic nitrogens is 3. The first-order chi connectivity index (χ1) is 9.49. The van der Waals surface area contributed by atoms with Crippen molar-refractivity contribution in [2.45, 2.75) is 31.1 Å². The standard InChI is InChI=1S/C11H13IN4O4/c12-4-1-16(10-6(4)9(13)14-3-15-10)2-5-7(17)8(18)11(19)20-5/h1,3,5,7-8,11,17-19H,2H2,(H2,13,14,15)/t5-,7-,8-,11-/m1/s1. The van der Waals surface area contributed by atoms with Crippen LogP contribution < -0.4 is 5.73 Å². The van der Waals surface area contributed by atoms with Crippen LogP contribution in [0.1, 0.15) is 0 Å². The molecular formula is C11H13IN4O4. The molecule has 0 bridgehead atoms. The molecule has 0 amide bonds. The third-order valence-electron chi connectivity index (χ3n) is 3.35. The molecule has 1 aliphatic heterocycles. The van der Waals surface area contributed by atoms with E-state index in [1.54, 1.807) is 4.57 Å². The van der Waals surface area contributed by atoms with Gasteiger partial charge in [0.2, 0.25) is 0 Å². The van der Waals surface area contributed by atoms with Crippen LogP contribution in [0.4, 0.5) is 5.82 Å². The highest BCUT2D eigenvalue weighted by Gasteiger charge is 2.42. The van der Waals surface area contributed by atoms with Crippen LogP contribution in [0.5, 0.6) is 0 Å². The van der Waals surface area contributed by atoms with E-state index in [1.807, 2.05) is 6.20 Å². The molecule has 3 heterocycles. The first-order valence-corrected chi connectivity index (χ1v) is 7.01. The van der Waals surface area contributed by atoms with Gasteiger partial charge in [0.15, 0.2) is 6.29 Å². The molecule has 8 nitrogen and oxygen atoms in total. The van der Waals surface area contributed by atoms with Crippen LogP contribution in [0.15, 0.2) is 12.5 Å². The van der Waals surface area contributed by atoms with Crippen LogP contribution in [0.2, 0.25) is 0 Å². The Morgan fingerprint density at radius 3 is 2.70 bits per heavy atom. The van der Waals surface area contributed by atoms with Gasteiger partial charge < -0.3 is 30.4 Å². The average molecular weight is 392 g/mol. The zero-order valence-corrected chi connectivity index (χ0v) is 12.4. The van der Waals surface area contributed by atoms with E-state index in [1.165, 1.54) is 6.33 Å². The van der Waals surface area contributed by atoms with E-state index in [4.69, 9.17) is 10.5 Å². The lowest BCUT2D eigenvalue weighted by molar-refractivity contribution is -0.128. The van der Waals surface area contributed by atoms with Gasteiger partial charge in [0.1, 0.15) is 36.1 Å². The van der Waals surface area contributed by atoms with Crippen LogP contribution >= 0.6 is 22.6 Å². The number of hydrogen-bond donors (Lipinski definition) is 4. The number of halogens is 1. The highest BCUT2D eigenvalue weighted by molar-refractivity contribution is 14.1. The summed E-state index contributed by atoms with van der Waals surface area (Å²) in [5.41, 5.74) is 6.44. The second-order valence-electron chi connectivity index (χ2n) is 4.63. The Kier molecular flexibility index (Phi) is 3.54. The van der Waals surface area contributed by atoms with Crippen molar-refractivity contribution in [3.63, 3.8) is 0 Å². The number of rotatable bonds is 2. The van der Waals surface area contributed by atoms with E-state index in [2.05, 4.69) is 32.6 Å². The third-order valence-corrected chi connectivity index (χ3v) is 4.17. The molecule has 4 atom stereocenters. The van der Waals surface area contributed by atoms with Gasteiger partial charge in [-0.2, -0.15) is 0 Å². The maximum absolute atomic E-state index is 9.82. The molecule has 0 radical (unpaired) electrons. The molecule has 20 heavy (non-hydrogen) atoms. The number of aliphatic hydroxyl groups is 3. The van der Waals surface area contributed by atoms with E-state index >= 15 is 0 Å². The molecule has 0 aliphatic carbocycles. The minimum absolute atomic E-state index is 0.241. The molecule has 1 saturated heterocycles. The lowest BCUT2D eigenvalue weighted by Gasteiger charge is -2.15. The maximum atomic E-state index is 9.82. The summed E-state index contributed by atoms with van der Waals surface area (Å²) in [5, 5.41) is 29.4. The van der Waals surface area contributed by atoms with Crippen LogP contribution in [-0.2, 0) is 11.3 Å². The van der Waals surface area contributed by atoms with Crippen molar-refractivity contribution in [2.24, 2.45) is 0 Å². The van der Waals surface area contributed by atoms with Crippen molar-refractivity contribution < 1.29 is 20.1 Å². The van der Waals surface area contributed by atoms with E-state index in [9.17, 15) is 15.3 Å². The molecule has 1 aliphatic rings. The number of fused-ring (bicyclic) bond motifs is 1. The molecule has 0 saturated carbocycles. The van der Waals surface area contributed by atoms with Crippen LogP contribution in [-0.4, -0.2) is 54.5 Å². The number of nitrogens with zero attached hydrogens (tertiary/aromatic N) is 3. The van der Waals surface area contributed by atoms with Gasteiger partial charge in [-0.1, -0.05) is 0 Å². The summed E-state index contributed by atoms with van der Waals surface area (Å²) in [6, 6.07) is 0. The summed E-state index contributed by atoms with van der Waals surface area (Å²) < 4.78 is 7.77. The Bertz CT molecular complexity index is 649. The second kappa shape index (κ2) is 5.07. The first-order valence-electron chi connectivity index (χ1n) is 5.93. The molecule has 108 valence electrons. The van der Waals surface area contributed by atoms with Gasteiger partial charge in [-0.15, -0.1) is 0 Å². The quantitative estimate of drug-likeness (QED) is 0.486. The lowest BCUT2D eigenvalue weighted by atomic mass is 10.1. The van der Waals surface area contributed by atoms with Crippen molar-refractivity contribution in [3.8, 4) is 0 Å². The third kappa shape index (κ3) is 2.15. The number of ether oxygens (including phenoxy) is 1. The molecule has 2 aromatic heterocycles. The predicted octanol–water partition coefficient (Wildman–Crippen LogP) is -0.943. The summed E-state index contributed by atoms with van der Waals surface area (Å²) in [7, 11) is 0. The van der Waals surface area contributed by atoms with Gasteiger partial charge in [-0.3, -0.25) is 0 Å². The van der Waals surface area contributed by atoms with Gasteiger partial charge in [0.25, 0.3) is 0 Å². The number of nitrogens with two attached hydrogens (primary N) is 1. The van der Waals surface area contributed by atoms with Crippen molar-refractivity contribution in [2.75, 3.05) is 5.73 Å². The van der Waals surface area contributed by atoms with E-state index < -0.39 is 24.6 Å². The molecular weight excluding hydrogens is 379 g/mol. The Labute approximate surface area is 127 Å². The highest BCUT2D eigenvalue weighted by atomic mass is 127. The Morgan fingerprint density at radius 2 is 2.05 bits per heavy atom. The summed E-state index contributed by atoms with van der Waals surface area (Å²) in [4.78, 5) is 8.11. The van der Waals surface area contributed by atoms with Crippen molar-refractivity contribution in [1.29, 1.82) is 0 Å². The summed E-state index contributed by atoms with van der Waals surface area (Å²) in [6.45, 7) is 0.241. The van der Waals surface area contributed by atoms with E-state index in [-0.39, 0.29) is 6.54 Å². The van der Waals surface area contributed by atoms with Crippen molar-refractivity contribution >= 4 is 39.4 Å². The van der Waals surface area contributed by atoms with Gasteiger partial charge in [-0.05, 0) is 22.6 Å². The normalized spacial score (nSPS) is 30.2. The van der Waals surface area contributed by atoms with E-state index in [0.29, 0.717) is 11.5 Å². The maximum Gasteiger partial charge on any atom is 0.184 e. The summed E-state index contributed by atoms with van der Waals surface area (Å²) in [5.74, 6) is 0.381. The second-order valence-corrected chi connectivity index (χ2v) is 5.80. The van der Waals surface area contributed by atoms with Crippen LogP contribution in [0.25, 0.3) is 11.0 Å². The number of nitrogen functional groups attached to an aromatic ring is 1. The first kappa shape index (κ1) is 13.9. The molecule has 1 fully saturated rings. The molecule has 3 rings (SSSR count). The van der Waals surface area contributed by atoms with Gasteiger partial charge in [0, 0.05) is 9.77 Å². The summed E-state index contributed by atoms with van der Waals surface area (Å²) >= 11 is 2.12. The predicted molar refractivity (Wildman–Crippen MR) is 77.6 cm³/mol. The molecule has 5 N–H and O–H groups in total. The minimum atomic E-state index is -1.38.